The first-order valence-electron chi connectivity index (χ1n) is 5.88. The fraction of sp³-hybridized carbons (Fsp3) is 0.909. The fourth-order valence-corrected chi connectivity index (χ4v) is 2.04. The summed E-state index contributed by atoms with van der Waals surface area (Å²) in [6, 6.07) is 0.290. The van der Waals surface area contributed by atoms with Gasteiger partial charge in [-0.2, -0.15) is 0 Å². The van der Waals surface area contributed by atoms with Gasteiger partial charge in [0.2, 0.25) is 0 Å². The summed E-state index contributed by atoms with van der Waals surface area (Å²) in [5.74, 6) is 0.910. The van der Waals surface area contributed by atoms with E-state index in [1.54, 1.807) is 0 Å². The molecule has 2 unspecified atom stereocenters. The monoisotopic (exact) mass is 229 g/mol. The van der Waals surface area contributed by atoms with Gasteiger partial charge in [-0.25, -0.2) is 0 Å². The molecule has 1 saturated heterocycles. The van der Waals surface area contributed by atoms with Crippen molar-refractivity contribution in [2.45, 2.75) is 32.2 Å². The first-order valence-corrected chi connectivity index (χ1v) is 5.88. The quantitative estimate of drug-likeness (QED) is 0.317. The maximum absolute atomic E-state index is 8.51. The van der Waals surface area contributed by atoms with E-state index in [1.165, 1.54) is 6.42 Å². The molecule has 1 aliphatic heterocycles. The Labute approximate surface area is 97.2 Å². The van der Waals surface area contributed by atoms with Crippen LogP contribution in [-0.4, -0.2) is 48.8 Å². The van der Waals surface area contributed by atoms with Crippen molar-refractivity contribution in [3.05, 3.63) is 0 Å². The summed E-state index contributed by atoms with van der Waals surface area (Å²) >= 11 is 0. The standard InChI is InChI=1S/C11H23N3O2/c1-9(6-11(12)13-15)14(2)7-10-4-3-5-16-8-10/h9-10,15H,3-8H2,1-2H3,(H2,12,13). The van der Waals surface area contributed by atoms with Crippen molar-refractivity contribution in [1.82, 2.24) is 4.90 Å². The van der Waals surface area contributed by atoms with E-state index in [2.05, 4.69) is 24.0 Å². The maximum atomic E-state index is 8.51. The molecule has 0 radical (unpaired) electrons. The minimum Gasteiger partial charge on any atom is -0.409 e. The van der Waals surface area contributed by atoms with Crippen LogP contribution < -0.4 is 5.73 Å². The van der Waals surface area contributed by atoms with Gasteiger partial charge in [0.05, 0.1) is 6.61 Å². The van der Waals surface area contributed by atoms with Crippen LogP contribution in [0.2, 0.25) is 0 Å². The molecule has 1 fully saturated rings. The Kier molecular flexibility index (Phi) is 5.55. The van der Waals surface area contributed by atoms with Gasteiger partial charge in [0.25, 0.3) is 0 Å². The maximum Gasteiger partial charge on any atom is 0.140 e. The Hall–Kier alpha value is -0.810. The van der Waals surface area contributed by atoms with E-state index in [9.17, 15) is 0 Å². The molecular weight excluding hydrogens is 206 g/mol. The summed E-state index contributed by atoms with van der Waals surface area (Å²) < 4.78 is 5.45. The zero-order chi connectivity index (χ0) is 12.0. The van der Waals surface area contributed by atoms with Gasteiger partial charge in [0, 0.05) is 25.6 Å². The first-order chi connectivity index (χ1) is 7.63. The number of amidine groups is 1. The third-order valence-corrected chi connectivity index (χ3v) is 3.19. The number of hydrogen-bond donors (Lipinski definition) is 2. The highest BCUT2D eigenvalue weighted by atomic mass is 16.5. The van der Waals surface area contributed by atoms with E-state index in [0.717, 1.165) is 26.2 Å². The van der Waals surface area contributed by atoms with Crippen LogP contribution in [-0.2, 0) is 4.74 Å². The SMILES string of the molecule is CC(CC(N)=NO)N(C)CC1CCCOC1. The van der Waals surface area contributed by atoms with Crippen molar-refractivity contribution >= 4 is 5.84 Å². The molecule has 3 N–H and O–H groups in total. The van der Waals surface area contributed by atoms with Gasteiger partial charge in [-0.15, -0.1) is 0 Å². The second kappa shape index (κ2) is 6.70. The highest BCUT2D eigenvalue weighted by Gasteiger charge is 2.19. The minimum atomic E-state index is 0.290. The molecule has 0 aromatic carbocycles. The molecule has 0 aliphatic carbocycles. The van der Waals surface area contributed by atoms with Gasteiger partial charge >= 0.3 is 0 Å². The highest BCUT2D eigenvalue weighted by molar-refractivity contribution is 5.80. The predicted octanol–water partition coefficient (Wildman–Crippen LogP) is 0.870. The molecule has 1 heterocycles. The molecule has 16 heavy (non-hydrogen) atoms. The molecule has 1 rings (SSSR count). The number of hydrogen-bond acceptors (Lipinski definition) is 4. The minimum absolute atomic E-state index is 0.290. The lowest BCUT2D eigenvalue weighted by Crippen LogP contribution is -2.38. The predicted molar refractivity (Wildman–Crippen MR) is 63.7 cm³/mol. The van der Waals surface area contributed by atoms with Gasteiger partial charge in [-0.05, 0) is 32.7 Å². The van der Waals surface area contributed by atoms with Gasteiger partial charge in [-0.3, -0.25) is 0 Å². The molecule has 0 amide bonds. The van der Waals surface area contributed by atoms with Crippen molar-refractivity contribution < 1.29 is 9.94 Å². The summed E-state index contributed by atoms with van der Waals surface area (Å²) in [7, 11) is 2.07. The molecule has 5 nitrogen and oxygen atoms in total. The highest BCUT2D eigenvalue weighted by Crippen LogP contribution is 2.16. The number of nitrogens with two attached hydrogens (primary N) is 1. The largest absolute Gasteiger partial charge is 0.409 e. The molecule has 5 heteroatoms. The number of ether oxygens (including phenoxy) is 1. The Morgan fingerprint density at radius 2 is 2.44 bits per heavy atom. The van der Waals surface area contributed by atoms with Crippen LogP contribution in [0, 0.1) is 5.92 Å². The van der Waals surface area contributed by atoms with E-state index in [1.807, 2.05) is 0 Å². The van der Waals surface area contributed by atoms with Crippen LogP contribution in [0.15, 0.2) is 5.16 Å². The van der Waals surface area contributed by atoms with E-state index in [4.69, 9.17) is 15.7 Å². The Bertz CT molecular complexity index is 227. The van der Waals surface area contributed by atoms with Crippen molar-refractivity contribution in [3.8, 4) is 0 Å². The lowest BCUT2D eigenvalue weighted by Gasteiger charge is -2.30. The van der Waals surface area contributed by atoms with Gasteiger partial charge in [0.1, 0.15) is 5.84 Å². The van der Waals surface area contributed by atoms with Crippen LogP contribution in [0.5, 0.6) is 0 Å². The smallest absolute Gasteiger partial charge is 0.140 e. The van der Waals surface area contributed by atoms with Crippen LogP contribution in [0.4, 0.5) is 0 Å². The molecule has 1 aliphatic rings. The van der Waals surface area contributed by atoms with E-state index < -0.39 is 0 Å². The second-order valence-electron chi connectivity index (χ2n) is 4.67. The Balaban J connectivity index is 2.29. The molecule has 0 bridgehead atoms. The van der Waals surface area contributed by atoms with Crippen molar-refractivity contribution in [3.63, 3.8) is 0 Å². The molecule has 0 aromatic heterocycles. The molecule has 0 spiro atoms. The van der Waals surface area contributed by atoms with Gasteiger partial charge < -0.3 is 20.6 Å². The lowest BCUT2D eigenvalue weighted by molar-refractivity contribution is 0.0376. The van der Waals surface area contributed by atoms with Crippen molar-refractivity contribution in [2.75, 3.05) is 26.8 Å². The third-order valence-electron chi connectivity index (χ3n) is 3.19. The first kappa shape index (κ1) is 13.3. The summed E-state index contributed by atoms with van der Waals surface area (Å²) in [6.07, 6.45) is 2.99. The Morgan fingerprint density at radius 3 is 3.00 bits per heavy atom. The second-order valence-corrected chi connectivity index (χ2v) is 4.67. The summed E-state index contributed by atoms with van der Waals surface area (Å²) in [5, 5.41) is 11.5. The zero-order valence-electron chi connectivity index (χ0n) is 10.2. The lowest BCUT2D eigenvalue weighted by atomic mass is 10.0. The fourth-order valence-electron chi connectivity index (χ4n) is 2.04. The van der Waals surface area contributed by atoms with Gasteiger partial charge in [-0.1, -0.05) is 5.16 Å². The molecular formula is C11H23N3O2. The van der Waals surface area contributed by atoms with Crippen LogP contribution in [0.3, 0.4) is 0 Å². The van der Waals surface area contributed by atoms with E-state index in [-0.39, 0.29) is 6.04 Å². The zero-order valence-corrected chi connectivity index (χ0v) is 10.2. The normalized spacial score (nSPS) is 24.7. The summed E-state index contributed by atoms with van der Waals surface area (Å²) in [4.78, 5) is 2.25. The number of rotatable bonds is 5. The Morgan fingerprint density at radius 1 is 1.69 bits per heavy atom. The van der Waals surface area contributed by atoms with Crippen molar-refractivity contribution in [2.24, 2.45) is 16.8 Å². The average Bonchev–Trinajstić information content (AvgIpc) is 2.30. The topological polar surface area (TPSA) is 71.1 Å². The van der Waals surface area contributed by atoms with Crippen LogP contribution >= 0.6 is 0 Å². The summed E-state index contributed by atoms with van der Waals surface area (Å²) in [6.45, 7) is 4.86. The molecule has 0 saturated carbocycles. The van der Waals surface area contributed by atoms with E-state index >= 15 is 0 Å². The number of oxime groups is 1. The third kappa shape index (κ3) is 4.37. The van der Waals surface area contributed by atoms with Crippen molar-refractivity contribution in [1.29, 1.82) is 0 Å². The van der Waals surface area contributed by atoms with Crippen LogP contribution in [0.1, 0.15) is 26.2 Å². The number of nitrogens with zero attached hydrogens (tertiary/aromatic N) is 2. The average molecular weight is 229 g/mol. The summed E-state index contributed by atoms with van der Waals surface area (Å²) in [5.41, 5.74) is 5.49. The molecule has 2 atom stereocenters. The molecule has 94 valence electrons. The van der Waals surface area contributed by atoms with E-state index in [0.29, 0.717) is 18.2 Å². The van der Waals surface area contributed by atoms with Gasteiger partial charge in [0.15, 0.2) is 0 Å². The molecule has 0 aromatic rings. The van der Waals surface area contributed by atoms with Crippen LogP contribution in [0.25, 0.3) is 0 Å².